The Morgan fingerprint density at radius 1 is 0.880 bits per heavy atom. The van der Waals surface area contributed by atoms with Crippen LogP contribution in [0, 0.1) is 0 Å². The fourth-order valence-electron chi connectivity index (χ4n) is 2.64. The lowest BCUT2D eigenvalue weighted by Gasteiger charge is -2.15. The van der Waals surface area contributed by atoms with Crippen LogP contribution in [0.1, 0.15) is 13.8 Å². The maximum absolute atomic E-state index is 11.7. The Hall–Kier alpha value is -2.52. The molecule has 0 aromatic heterocycles. The summed E-state index contributed by atoms with van der Waals surface area (Å²) < 4.78 is 0. The van der Waals surface area contributed by atoms with Crippen molar-refractivity contribution in [2.75, 3.05) is 0 Å². The SMILES string of the molecule is CC(=O)C(C)Sc1cc(-c2ccccc2)c(O)c(-c2ccccc2)c1. The zero-order valence-corrected chi connectivity index (χ0v) is 15.1. The Labute approximate surface area is 152 Å². The predicted molar refractivity (Wildman–Crippen MR) is 105 cm³/mol. The average molecular weight is 348 g/mol. The number of hydrogen-bond acceptors (Lipinski definition) is 3. The molecule has 1 N–H and O–H groups in total. The second-order valence-corrected chi connectivity index (χ2v) is 7.38. The van der Waals surface area contributed by atoms with Crippen LogP contribution in [0.4, 0.5) is 0 Å². The highest BCUT2D eigenvalue weighted by Crippen LogP contribution is 2.42. The minimum Gasteiger partial charge on any atom is -0.507 e. The Morgan fingerprint density at radius 3 is 1.72 bits per heavy atom. The highest BCUT2D eigenvalue weighted by molar-refractivity contribution is 8.00. The quantitative estimate of drug-likeness (QED) is 0.592. The van der Waals surface area contributed by atoms with Gasteiger partial charge in [0, 0.05) is 16.0 Å². The molecule has 0 radical (unpaired) electrons. The van der Waals surface area contributed by atoms with Gasteiger partial charge in [-0.05, 0) is 37.1 Å². The monoisotopic (exact) mass is 348 g/mol. The molecule has 0 aliphatic heterocycles. The van der Waals surface area contributed by atoms with Crippen molar-refractivity contribution in [2.45, 2.75) is 24.0 Å². The number of benzene rings is 3. The molecule has 3 heteroatoms. The molecule has 3 rings (SSSR count). The van der Waals surface area contributed by atoms with Crippen LogP contribution in [-0.4, -0.2) is 16.1 Å². The number of ketones is 1. The van der Waals surface area contributed by atoms with Crippen molar-refractivity contribution in [3.63, 3.8) is 0 Å². The number of carbonyl (C=O) groups is 1. The maximum Gasteiger partial charge on any atom is 0.142 e. The minimum atomic E-state index is -0.128. The van der Waals surface area contributed by atoms with Gasteiger partial charge in [-0.2, -0.15) is 0 Å². The molecule has 25 heavy (non-hydrogen) atoms. The lowest BCUT2D eigenvalue weighted by atomic mass is 9.97. The first kappa shape index (κ1) is 17.3. The molecule has 0 aliphatic carbocycles. The third kappa shape index (κ3) is 3.94. The molecule has 0 spiro atoms. The number of hydrogen-bond donors (Lipinski definition) is 1. The smallest absolute Gasteiger partial charge is 0.142 e. The van der Waals surface area contributed by atoms with Crippen LogP contribution in [-0.2, 0) is 4.79 Å². The van der Waals surface area contributed by atoms with Gasteiger partial charge < -0.3 is 5.11 Å². The number of phenols is 1. The summed E-state index contributed by atoms with van der Waals surface area (Å²) in [6.45, 7) is 3.51. The van der Waals surface area contributed by atoms with Crippen LogP contribution in [0.3, 0.4) is 0 Å². The van der Waals surface area contributed by atoms with Crippen LogP contribution < -0.4 is 0 Å². The second kappa shape index (κ2) is 7.58. The van der Waals surface area contributed by atoms with E-state index in [0.29, 0.717) is 0 Å². The summed E-state index contributed by atoms with van der Waals surface area (Å²) in [7, 11) is 0. The standard InChI is InChI=1S/C22H20O2S/c1-15(23)16(2)25-19-13-20(17-9-5-3-6-10-17)22(24)21(14-19)18-11-7-4-8-12-18/h3-14,16,24H,1-2H3. The summed E-state index contributed by atoms with van der Waals surface area (Å²) in [5, 5.41) is 10.8. The Kier molecular flexibility index (Phi) is 5.25. The van der Waals surface area contributed by atoms with Crippen LogP contribution >= 0.6 is 11.8 Å². The first-order valence-electron chi connectivity index (χ1n) is 8.21. The van der Waals surface area contributed by atoms with Gasteiger partial charge in [0.25, 0.3) is 0 Å². The predicted octanol–water partition coefficient (Wildman–Crippen LogP) is 5.80. The molecule has 0 heterocycles. The minimum absolute atomic E-state index is 0.128. The van der Waals surface area contributed by atoms with Crippen LogP contribution in [0.5, 0.6) is 5.75 Å². The van der Waals surface area contributed by atoms with Crippen molar-refractivity contribution in [1.82, 2.24) is 0 Å². The van der Waals surface area contributed by atoms with E-state index in [1.165, 1.54) is 11.8 Å². The number of rotatable bonds is 5. The molecule has 126 valence electrons. The number of aromatic hydroxyl groups is 1. The summed E-state index contributed by atoms with van der Waals surface area (Å²) in [5.74, 6) is 0.401. The van der Waals surface area contributed by atoms with Crippen LogP contribution in [0.25, 0.3) is 22.3 Å². The first-order chi connectivity index (χ1) is 12.1. The van der Waals surface area contributed by atoms with E-state index in [-0.39, 0.29) is 16.8 Å². The number of thioether (sulfide) groups is 1. The van der Waals surface area contributed by atoms with Gasteiger partial charge in [-0.1, -0.05) is 60.7 Å². The molecule has 0 bridgehead atoms. The maximum atomic E-state index is 11.7. The topological polar surface area (TPSA) is 37.3 Å². The number of phenolic OH excluding ortho intramolecular Hbond substituents is 1. The summed E-state index contributed by atoms with van der Waals surface area (Å²) in [4.78, 5) is 12.6. The molecular formula is C22H20O2S. The third-order valence-corrected chi connectivity index (χ3v) is 5.33. The van der Waals surface area contributed by atoms with Crippen LogP contribution in [0.15, 0.2) is 77.7 Å². The van der Waals surface area contributed by atoms with Crippen LogP contribution in [0.2, 0.25) is 0 Å². The molecular weight excluding hydrogens is 328 g/mol. The Balaban J connectivity index is 2.16. The summed E-state index contributed by atoms with van der Waals surface area (Å²) >= 11 is 1.52. The van der Waals surface area contributed by atoms with Gasteiger partial charge in [0.1, 0.15) is 11.5 Å². The average Bonchev–Trinajstić information content (AvgIpc) is 2.64. The first-order valence-corrected chi connectivity index (χ1v) is 9.09. The molecule has 3 aromatic carbocycles. The highest BCUT2D eigenvalue weighted by Gasteiger charge is 2.16. The van der Waals surface area contributed by atoms with Gasteiger partial charge in [0.15, 0.2) is 0 Å². The molecule has 3 aromatic rings. The van der Waals surface area contributed by atoms with E-state index in [9.17, 15) is 9.90 Å². The van der Waals surface area contributed by atoms with E-state index in [4.69, 9.17) is 0 Å². The van der Waals surface area contributed by atoms with E-state index < -0.39 is 0 Å². The molecule has 2 nitrogen and oxygen atoms in total. The second-order valence-electron chi connectivity index (χ2n) is 5.97. The van der Waals surface area contributed by atoms with Crippen molar-refractivity contribution >= 4 is 17.5 Å². The van der Waals surface area contributed by atoms with E-state index in [1.54, 1.807) is 6.92 Å². The normalized spacial score (nSPS) is 11.9. The highest BCUT2D eigenvalue weighted by atomic mass is 32.2. The van der Waals surface area contributed by atoms with E-state index in [1.807, 2.05) is 79.7 Å². The lowest BCUT2D eigenvalue weighted by Crippen LogP contribution is -2.07. The van der Waals surface area contributed by atoms with Gasteiger partial charge in [-0.25, -0.2) is 0 Å². The fraction of sp³-hybridized carbons (Fsp3) is 0.136. The molecule has 0 amide bonds. The molecule has 0 fully saturated rings. The van der Waals surface area contributed by atoms with Gasteiger partial charge in [-0.15, -0.1) is 11.8 Å². The van der Waals surface area contributed by atoms with Gasteiger partial charge in [0.05, 0.1) is 5.25 Å². The van der Waals surface area contributed by atoms with Gasteiger partial charge in [0.2, 0.25) is 0 Å². The number of Topliss-reactive ketones (excluding diaryl/α,β-unsaturated/α-hetero) is 1. The van der Waals surface area contributed by atoms with Crippen molar-refractivity contribution in [3.8, 4) is 28.0 Å². The van der Waals surface area contributed by atoms with Crippen molar-refractivity contribution in [1.29, 1.82) is 0 Å². The molecule has 1 atom stereocenters. The largest absolute Gasteiger partial charge is 0.507 e. The Morgan fingerprint density at radius 2 is 1.32 bits per heavy atom. The van der Waals surface area contributed by atoms with Crippen molar-refractivity contribution in [3.05, 3.63) is 72.8 Å². The molecule has 1 unspecified atom stereocenters. The van der Waals surface area contributed by atoms with E-state index >= 15 is 0 Å². The molecule has 0 aliphatic rings. The number of carbonyl (C=O) groups excluding carboxylic acids is 1. The zero-order chi connectivity index (χ0) is 17.8. The lowest BCUT2D eigenvalue weighted by molar-refractivity contribution is -0.116. The van der Waals surface area contributed by atoms with E-state index in [2.05, 4.69) is 0 Å². The van der Waals surface area contributed by atoms with Crippen molar-refractivity contribution in [2.24, 2.45) is 0 Å². The Bertz CT molecular complexity index is 813. The van der Waals surface area contributed by atoms with Gasteiger partial charge in [-0.3, -0.25) is 4.79 Å². The third-order valence-electron chi connectivity index (χ3n) is 4.14. The van der Waals surface area contributed by atoms with E-state index in [0.717, 1.165) is 27.1 Å². The fourth-order valence-corrected chi connectivity index (χ4v) is 3.58. The molecule has 0 saturated carbocycles. The summed E-state index contributed by atoms with van der Waals surface area (Å²) in [6, 6.07) is 23.6. The van der Waals surface area contributed by atoms with Crippen molar-refractivity contribution < 1.29 is 9.90 Å². The summed E-state index contributed by atoms with van der Waals surface area (Å²) in [5.41, 5.74) is 3.46. The van der Waals surface area contributed by atoms with Gasteiger partial charge >= 0.3 is 0 Å². The molecule has 0 saturated heterocycles. The zero-order valence-electron chi connectivity index (χ0n) is 14.3. The summed E-state index contributed by atoms with van der Waals surface area (Å²) in [6.07, 6.45) is 0.